The van der Waals surface area contributed by atoms with Crippen molar-refractivity contribution in [3.05, 3.63) is 29.8 Å². The summed E-state index contributed by atoms with van der Waals surface area (Å²) in [5, 5.41) is 2.41. The molecule has 0 radical (unpaired) electrons. The molecule has 4 rings (SSSR count). The van der Waals surface area contributed by atoms with Crippen molar-refractivity contribution >= 4 is 11.6 Å². The van der Waals surface area contributed by atoms with Gasteiger partial charge in [-0.1, -0.05) is 0 Å². The summed E-state index contributed by atoms with van der Waals surface area (Å²) in [7, 11) is 0. The first-order valence-electron chi connectivity index (χ1n) is 8.67. The smallest absolute Gasteiger partial charge is 0.256 e. The van der Waals surface area contributed by atoms with Crippen LogP contribution in [-0.4, -0.2) is 48.2 Å². The van der Waals surface area contributed by atoms with E-state index in [2.05, 4.69) is 5.32 Å². The molecular formula is C18H21F2NO6. The number of fused-ring (bicyclic) bond motifs is 3. The predicted octanol–water partition coefficient (Wildman–Crippen LogP) is 2.30. The fourth-order valence-corrected chi connectivity index (χ4v) is 3.62. The third-order valence-electron chi connectivity index (χ3n) is 4.60. The highest BCUT2D eigenvalue weighted by Crippen LogP contribution is 2.44. The highest BCUT2D eigenvalue weighted by atomic mass is 19.1. The molecule has 0 unspecified atom stereocenters. The van der Waals surface area contributed by atoms with Gasteiger partial charge in [0.25, 0.3) is 5.91 Å². The molecule has 0 spiro atoms. The SMILES string of the molecule is CC1(C)O[C@H]2[C@@H](O1)[C@H](C(=O)Nc1ccc(F)cc1F)O[C@@H]1OC(C)(C)O[C@@H]12. The van der Waals surface area contributed by atoms with Gasteiger partial charge in [0.05, 0.1) is 5.69 Å². The Morgan fingerprint density at radius 2 is 1.59 bits per heavy atom. The molecule has 5 atom stereocenters. The van der Waals surface area contributed by atoms with Gasteiger partial charge in [-0.2, -0.15) is 0 Å². The zero-order chi connectivity index (χ0) is 19.6. The Hall–Kier alpha value is -1.65. The van der Waals surface area contributed by atoms with E-state index in [1.54, 1.807) is 27.7 Å². The molecular weight excluding hydrogens is 364 g/mol. The van der Waals surface area contributed by atoms with Crippen LogP contribution in [0.25, 0.3) is 0 Å². The molecule has 1 aromatic carbocycles. The molecule has 3 aliphatic heterocycles. The van der Waals surface area contributed by atoms with Crippen molar-refractivity contribution < 1.29 is 37.3 Å². The molecule has 27 heavy (non-hydrogen) atoms. The van der Waals surface area contributed by atoms with Crippen LogP contribution < -0.4 is 5.32 Å². The van der Waals surface area contributed by atoms with Gasteiger partial charge in [0.1, 0.15) is 29.9 Å². The minimum atomic E-state index is -1.13. The monoisotopic (exact) mass is 385 g/mol. The van der Waals surface area contributed by atoms with E-state index in [4.69, 9.17) is 23.7 Å². The van der Waals surface area contributed by atoms with Gasteiger partial charge < -0.3 is 29.0 Å². The second kappa shape index (κ2) is 6.18. The quantitative estimate of drug-likeness (QED) is 0.842. The van der Waals surface area contributed by atoms with Gasteiger partial charge in [-0.3, -0.25) is 4.79 Å². The standard InChI is InChI=1S/C18H21F2NO6/c1-17(2)24-11-12(25-17)14-16(27-18(3,4)26-14)23-13(11)15(22)21-10-6-5-8(19)7-9(10)20/h5-7,11-14,16H,1-4H3,(H,21,22)/t11-,12+,13-,14-,16-/m1/s1. The van der Waals surface area contributed by atoms with Crippen LogP contribution in [-0.2, 0) is 28.5 Å². The average Bonchev–Trinajstić information content (AvgIpc) is 3.03. The fourth-order valence-electron chi connectivity index (χ4n) is 3.62. The summed E-state index contributed by atoms with van der Waals surface area (Å²) < 4.78 is 56.1. The summed E-state index contributed by atoms with van der Waals surface area (Å²) in [6.07, 6.45) is -3.91. The van der Waals surface area contributed by atoms with Gasteiger partial charge in [0.15, 0.2) is 24.0 Å². The molecule has 148 valence electrons. The van der Waals surface area contributed by atoms with E-state index in [0.29, 0.717) is 6.07 Å². The number of hydrogen-bond donors (Lipinski definition) is 1. The molecule has 9 heteroatoms. The van der Waals surface area contributed by atoms with E-state index in [1.807, 2.05) is 0 Å². The number of nitrogens with one attached hydrogen (secondary N) is 1. The minimum Gasteiger partial charge on any atom is -0.342 e. The summed E-state index contributed by atoms with van der Waals surface area (Å²) in [5.41, 5.74) is -0.161. The first-order valence-corrected chi connectivity index (χ1v) is 8.67. The van der Waals surface area contributed by atoms with E-state index in [-0.39, 0.29) is 5.69 Å². The number of ether oxygens (including phenoxy) is 5. The normalized spacial score (nSPS) is 36.1. The lowest BCUT2D eigenvalue weighted by molar-refractivity contribution is -0.229. The summed E-state index contributed by atoms with van der Waals surface area (Å²) in [4.78, 5) is 12.8. The highest BCUT2D eigenvalue weighted by Gasteiger charge is 2.62. The van der Waals surface area contributed by atoms with Crippen molar-refractivity contribution in [3.8, 4) is 0 Å². The van der Waals surface area contributed by atoms with E-state index in [1.165, 1.54) is 0 Å². The minimum absolute atomic E-state index is 0.161. The van der Waals surface area contributed by atoms with Crippen molar-refractivity contribution in [3.63, 3.8) is 0 Å². The lowest BCUT2D eigenvalue weighted by atomic mass is 9.98. The maximum absolute atomic E-state index is 13.9. The lowest BCUT2D eigenvalue weighted by Crippen LogP contribution is -2.58. The van der Waals surface area contributed by atoms with Crippen LogP contribution in [0.2, 0.25) is 0 Å². The Morgan fingerprint density at radius 3 is 2.30 bits per heavy atom. The molecule has 3 aliphatic rings. The molecule has 3 fully saturated rings. The Bertz CT molecular complexity index is 770. The van der Waals surface area contributed by atoms with Gasteiger partial charge in [0.2, 0.25) is 0 Å². The molecule has 1 N–H and O–H groups in total. The Morgan fingerprint density at radius 1 is 0.963 bits per heavy atom. The van der Waals surface area contributed by atoms with Crippen LogP contribution in [0.3, 0.4) is 0 Å². The Balaban J connectivity index is 1.59. The Kier molecular flexibility index (Phi) is 4.28. The number of rotatable bonds is 2. The number of amides is 1. The van der Waals surface area contributed by atoms with Crippen LogP contribution in [0, 0.1) is 11.6 Å². The van der Waals surface area contributed by atoms with Gasteiger partial charge in [0, 0.05) is 6.07 Å². The topological polar surface area (TPSA) is 75.3 Å². The molecule has 0 bridgehead atoms. The molecule has 3 heterocycles. The predicted molar refractivity (Wildman–Crippen MR) is 87.5 cm³/mol. The second-order valence-corrected chi connectivity index (χ2v) is 7.70. The van der Waals surface area contributed by atoms with Gasteiger partial charge >= 0.3 is 0 Å². The van der Waals surface area contributed by atoms with E-state index in [9.17, 15) is 13.6 Å². The van der Waals surface area contributed by atoms with Crippen molar-refractivity contribution in [1.82, 2.24) is 0 Å². The third-order valence-corrected chi connectivity index (χ3v) is 4.60. The van der Waals surface area contributed by atoms with Crippen LogP contribution in [0.15, 0.2) is 18.2 Å². The van der Waals surface area contributed by atoms with Crippen molar-refractivity contribution in [2.45, 2.75) is 70.0 Å². The summed E-state index contributed by atoms with van der Waals surface area (Å²) in [6.45, 7) is 6.90. The molecule has 0 aromatic heterocycles. The molecule has 3 saturated heterocycles. The largest absolute Gasteiger partial charge is 0.342 e. The number of benzene rings is 1. The number of carbonyl (C=O) groups excluding carboxylic acids is 1. The molecule has 1 amide bonds. The van der Waals surface area contributed by atoms with E-state index in [0.717, 1.165) is 12.1 Å². The highest BCUT2D eigenvalue weighted by molar-refractivity contribution is 5.95. The average molecular weight is 385 g/mol. The fraction of sp³-hybridized carbons (Fsp3) is 0.611. The first kappa shape index (κ1) is 18.7. The number of hydrogen-bond acceptors (Lipinski definition) is 6. The summed E-state index contributed by atoms with van der Waals surface area (Å²) >= 11 is 0. The molecule has 0 aliphatic carbocycles. The molecule has 1 aromatic rings. The Labute approximate surface area is 154 Å². The van der Waals surface area contributed by atoms with Crippen LogP contribution in [0.4, 0.5) is 14.5 Å². The van der Waals surface area contributed by atoms with Gasteiger partial charge in [-0.05, 0) is 39.8 Å². The number of halogens is 2. The number of carbonyl (C=O) groups is 1. The zero-order valence-corrected chi connectivity index (χ0v) is 15.3. The summed E-state index contributed by atoms with van der Waals surface area (Å²) in [5.74, 6) is -4.15. The van der Waals surface area contributed by atoms with Crippen molar-refractivity contribution in [1.29, 1.82) is 0 Å². The lowest BCUT2D eigenvalue weighted by Gasteiger charge is -2.36. The van der Waals surface area contributed by atoms with Gasteiger partial charge in [-0.25, -0.2) is 8.78 Å². The first-order chi connectivity index (χ1) is 12.5. The van der Waals surface area contributed by atoms with Crippen molar-refractivity contribution in [2.75, 3.05) is 5.32 Å². The molecule has 7 nitrogen and oxygen atoms in total. The van der Waals surface area contributed by atoms with Crippen LogP contribution in [0.1, 0.15) is 27.7 Å². The van der Waals surface area contributed by atoms with Crippen LogP contribution in [0.5, 0.6) is 0 Å². The third kappa shape index (κ3) is 3.45. The number of anilines is 1. The maximum Gasteiger partial charge on any atom is 0.256 e. The summed E-state index contributed by atoms with van der Waals surface area (Å²) in [6, 6.07) is 2.87. The van der Waals surface area contributed by atoms with Crippen molar-refractivity contribution in [2.24, 2.45) is 0 Å². The second-order valence-electron chi connectivity index (χ2n) is 7.70. The van der Waals surface area contributed by atoms with Crippen LogP contribution >= 0.6 is 0 Å². The van der Waals surface area contributed by atoms with Gasteiger partial charge in [-0.15, -0.1) is 0 Å². The zero-order valence-electron chi connectivity index (χ0n) is 15.3. The molecule has 0 saturated carbocycles. The van der Waals surface area contributed by atoms with E-state index >= 15 is 0 Å². The van der Waals surface area contributed by atoms with E-state index < -0.39 is 59.8 Å². The maximum atomic E-state index is 13.9.